The van der Waals surface area contributed by atoms with Crippen LogP contribution in [0.4, 0.5) is 0 Å². The molecule has 0 N–H and O–H groups in total. The van der Waals surface area contributed by atoms with Crippen LogP contribution in [0.15, 0.2) is 18.5 Å². The Hall–Kier alpha value is -1.42. The number of hydrogen-bond donors (Lipinski definition) is 0. The predicted molar refractivity (Wildman–Crippen MR) is 57.8 cm³/mol. The molecular weight excluding hydrogens is 212 g/mol. The van der Waals surface area contributed by atoms with E-state index in [0.717, 1.165) is 17.1 Å². The summed E-state index contributed by atoms with van der Waals surface area (Å²) in [6.07, 6.45) is 3.21. The minimum atomic E-state index is 0.409. The Kier molecular flexibility index (Phi) is 2.68. The molecule has 0 radical (unpaired) electrons. The third kappa shape index (κ3) is 2.33. The fourth-order valence-corrected chi connectivity index (χ4v) is 1.51. The highest BCUT2D eigenvalue weighted by Gasteiger charge is 2.02. The standard InChI is InChI=1S/C10H11ClN4/c1-7-3-8(2)15(14-7)6-9-4-13-10(11)5-12-9/h3-5H,6H2,1-2H3. The molecule has 0 saturated heterocycles. The molecule has 2 aromatic heterocycles. The Morgan fingerprint density at radius 1 is 1.27 bits per heavy atom. The molecule has 0 spiro atoms. The van der Waals surface area contributed by atoms with Crippen LogP contribution in [0.5, 0.6) is 0 Å². The summed E-state index contributed by atoms with van der Waals surface area (Å²) in [4.78, 5) is 8.14. The van der Waals surface area contributed by atoms with Gasteiger partial charge < -0.3 is 0 Å². The van der Waals surface area contributed by atoms with Gasteiger partial charge in [0.1, 0.15) is 5.15 Å². The molecule has 0 amide bonds. The Labute approximate surface area is 92.9 Å². The quantitative estimate of drug-likeness (QED) is 0.781. The van der Waals surface area contributed by atoms with Crippen LogP contribution >= 0.6 is 11.6 Å². The van der Waals surface area contributed by atoms with E-state index in [-0.39, 0.29) is 0 Å². The number of hydrogen-bond acceptors (Lipinski definition) is 3. The van der Waals surface area contributed by atoms with E-state index >= 15 is 0 Å². The van der Waals surface area contributed by atoms with Gasteiger partial charge >= 0.3 is 0 Å². The zero-order valence-electron chi connectivity index (χ0n) is 8.61. The van der Waals surface area contributed by atoms with Gasteiger partial charge in [-0.05, 0) is 19.9 Å². The summed E-state index contributed by atoms with van der Waals surface area (Å²) in [5, 5.41) is 4.75. The largest absolute Gasteiger partial charge is 0.264 e. The molecule has 0 aliphatic heterocycles. The van der Waals surface area contributed by atoms with E-state index in [0.29, 0.717) is 11.7 Å². The average Bonchev–Trinajstić information content (AvgIpc) is 2.49. The smallest absolute Gasteiger partial charge is 0.147 e. The van der Waals surface area contributed by atoms with Crippen molar-refractivity contribution >= 4 is 11.6 Å². The number of nitrogens with zero attached hydrogens (tertiary/aromatic N) is 4. The molecule has 78 valence electrons. The molecule has 15 heavy (non-hydrogen) atoms. The van der Waals surface area contributed by atoms with Crippen molar-refractivity contribution in [2.24, 2.45) is 0 Å². The second-order valence-electron chi connectivity index (χ2n) is 3.42. The van der Waals surface area contributed by atoms with Gasteiger partial charge in [0.15, 0.2) is 0 Å². The third-order valence-electron chi connectivity index (χ3n) is 2.09. The van der Waals surface area contributed by atoms with E-state index in [9.17, 15) is 0 Å². The molecule has 2 heterocycles. The molecule has 2 aromatic rings. The van der Waals surface area contributed by atoms with Crippen LogP contribution in [0, 0.1) is 13.8 Å². The first-order valence-electron chi connectivity index (χ1n) is 4.62. The average molecular weight is 223 g/mol. The first-order chi connectivity index (χ1) is 7.15. The number of aryl methyl sites for hydroxylation is 2. The molecule has 4 nitrogen and oxygen atoms in total. The van der Waals surface area contributed by atoms with Crippen molar-refractivity contribution in [1.82, 2.24) is 19.7 Å². The van der Waals surface area contributed by atoms with Gasteiger partial charge in [0.05, 0.1) is 30.3 Å². The molecule has 0 saturated carbocycles. The van der Waals surface area contributed by atoms with E-state index in [1.165, 1.54) is 0 Å². The van der Waals surface area contributed by atoms with E-state index < -0.39 is 0 Å². The second-order valence-corrected chi connectivity index (χ2v) is 3.80. The maximum atomic E-state index is 5.65. The maximum Gasteiger partial charge on any atom is 0.147 e. The molecule has 2 rings (SSSR count). The summed E-state index contributed by atoms with van der Waals surface area (Å²) in [7, 11) is 0. The molecule has 0 aromatic carbocycles. The molecule has 0 aliphatic carbocycles. The lowest BCUT2D eigenvalue weighted by atomic mass is 10.4. The Morgan fingerprint density at radius 2 is 2.07 bits per heavy atom. The van der Waals surface area contributed by atoms with E-state index in [1.807, 2.05) is 24.6 Å². The fourth-order valence-electron chi connectivity index (χ4n) is 1.41. The highest BCUT2D eigenvalue weighted by atomic mass is 35.5. The Morgan fingerprint density at radius 3 is 2.60 bits per heavy atom. The van der Waals surface area contributed by atoms with Crippen LogP contribution in [0.2, 0.25) is 5.15 Å². The first kappa shape index (κ1) is 10.1. The van der Waals surface area contributed by atoms with Crippen LogP contribution in [0.25, 0.3) is 0 Å². The number of aromatic nitrogens is 4. The summed E-state index contributed by atoms with van der Waals surface area (Å²) in [6.45, 7) is 4.62. The van der Waals surface area contributed by atoms with Gasteiger partial charge in [-0.15, -0.1) is 0 Å². The van der Waals surface area contributed by atoms with Crippen molar-refractivity contribution in [3.05, 3.63) is 40.7 Å². The lowest BCUT2D eigenvalue weighted by Gasteiger charge is -2.02. The Bertz CT molecular complexity index is 461. The maximum absolute atomic E-state index is 5.65. The van der Waals surface area contributed by atoms with Crippen molar-refractivity contribution < 1.29 is 0 Å². The summed E-state index contributed by atoms with van der Waals surface area (Å²) < 4.78 is 1.90. The zero-order valence-corrected chi connectivity index (χ0v) is 9.36. The summed E-state index contributed by atoms with van der Waals surface area (Å²) in [6, 6.07) is 2.03. The van der Waals surface area contributed by atoms with Crippen LogP contribution in [0.1, 0.15) is 17.1 Å². The van der Waals surface area contributed by atoms with Crippen molar-refractivity contribution in [3.63, 3.8) is 0 Å². The highest BCUT2D eigenvalue weighted by Crippen LogP contribution is 2.06. The van der Waals surface area contributed by atoms with Gasteiger partial charge in [0.25, 0.3) is 0 Å². The molecule has 0 aliphatic rings. The van der Waals surface area contributed by atoms with Crippen molar-refractivity contribution in [1.29, 1.82) is 0 Å². The first-order valence-corrected chi connectivity index (χ1v) is 5.00. The monoisotopic (exact) mass is 222 g/mol. The molecule has 0 atom stereocenters. The third-order valence-corrected chi connectivity index (χ3v) is 2.28. The zero-order chi connectivity index (χ0) is 10.8. The molecule has 0 bridgehead atoms. The van der Waals surface area contributed by atoms with E-state index in [1.54, 1.807) is 12.4 Å². The van der Waals surface area contributed by atoms with Gasteiger partial charge in [-0.1, -0.05) is 11.6 Å². The van der Waals surface area contributed by atoms with Crippen LogP contribution in [0.3, 0.4) is 0 Å². The Balaban J connectivity index is 2.21. The van der Waals surface area contributed by atoms with E-state index in [2.05, 4.69) is 15.1 Å². The van der Waals surface area contributed by atoms with Gasteiger partial charge in [-0.2, -0.15) is 5.10 Å². The van der Waals surface area contributed by atoms with Crippen molar-refractivity contribution in [3.8, 4) is 0 Å². The normalized spacial score (nSPS) is 10.6. The molecule has 0 fully saturated rings. The van der Waals surface area contributed by atoms with Gasteiger partial charge in [-0.3, -0.25) is 9.67 Å². The summed E-state index contributed by atoms with van der Waals surface area (Å²) in [5.41, 5.74) is 2.98. The second kappa shape index (κ2) is 3.98. The van der Waals surface area contributed by atoms with Crippen molar-refractivity contribution in [2.45, 2.75) is 20.4 Å². The number of halogens is 1. The minimum Gasteiger partial charge on any atom is -0.264 e. The SMILES string of the molecule is Cc1cc(C)n(Cc2cnc(Cl)cn2)n1. The van der Waals surface area contributed by atoms with Crippen molar-refractivity contribution in [2.75, 3.05) is 0 Å². The molecular formula is C10H11ClN4. The van der Waals surface area contributed by atoms with Crippen LogP contribution < -0.4 is 0 Å². The predicted octanol–water partition coefficient (Wildman–Crippen LogP) is 1.99. The minimum absolute atomic E-state index is 0.409. The lowest BCUT2D eigenvalue weighted by Crippen LogP contribution is -2.05. The highest BCUT2D eigenvalue weighted by molar-refractivity contribution is 6.29. The van der Waals surface area contributed by atoms with Crippen LogP contribution in [-0.2, 0) is 6.54 Å². The topological polar surface area (TPSA) is 43.6 Å². The fraction of sp³-hybridized carbons (Fsp3) is 0.300. The lowest BCUT2D eigenvalue weighted by molar-refractivity contribution is 0.644. The summed E-state index contributed by atoms with van der Waals surface area (Å²) in [5.74, 6) is 0. The number of rotatable bonds is 2. The van der Waals surface area contributed by atoms with Crippen LogP contribution in [-0.4, -0.2) is 19.7 Å². The van der Waals surface area contributed by atoms with Gasteiger partial charge in [0, 0.05) is 5.69 Å². The van der Waals surface area contributed by atoms with Gasteiger partial charge in [0.2, 0.25) is 0 Å². The van der Waals surface area contributed by atoms with Gasteiger partial charge in [-0.25, -0.2) is 4.98 Å². The summed E-state index contributed by atoms with van der Waals surface area (Å²) >= 11 is 5.65. The molecule has 0 unspecified atom stereocenters. The van der Waals surface area contributed by atoms with E-state index in [4.69, 9.17) is 11.6 Å². The molecule has 5 heteroatoms.